The van der Waals surface area contributed by atoms with Crippen molar-refractivity contribution >= 4 is 54.9 Å². The first-order valence-electron chi connectivity index (χ1n) is 9.33. The molecule has 12 heteroatoms. The summed E-state index contributed by atoms with van der Waals surface area (Å²) in [7, 11) is -2.21. The third-order valence-corrected chi connectivity index (χ3v) is 7.04. The van der Waals surface area contributed by atoms with Crippen LogP contribution in [0.4, 0.5) is 0 Å². The summed E-state index contributed by atoms with van der Waals surface area (Å²) in [5.74, 6) is -1.16. The van der Waals surface area contributed by atoms with Crippen LogP contribution in [0.2, 0.25) is 0 Å². The number of hydrogen-bond donors (Lipinski definition) is 1. The van der Waals surface area contributed by atoms with E-state index < -0.39 is 21.7 Å². The summed E-state index contributed by atoms with van der Waals surface area (Å²) in [6.45, 7) is 0. The molecule has 0 aliphatic carbocycles. The lowest BCUT2D eigenvalue weighted by molar-refractivity contribution is -0.114. The van der Waals surface area contributed by atoms with Gasteiger partial charge in [-0.25, -0.2) is 13.2 Å². The molecule has 2 heterocycles. The number of hydrogen-bond acceptors (Lipinski definition) is 9. The van der Waals surface area contributed by atoms with Gasteiger partial charge in [0, 0.05) is 6.26 Å². The lowest BCUT2D eigenvalue weighted by Gasteiger charge is -2.20. The van der Waals surface area contributed by atoms with Gasteiger partial charge in [0.05, 0.1) is 18.2 Å². The fourth-order valence-electron chi connectivity index (χ4n) is 2.88. The Morgan fingerprint density at radius 3 is 2.55 bits per heavy atom. The monoisotopic (exact) mass is 484 g/mol. The van der Waals surface area contributed by atoms with Gasteiger partial charge in [0.1, 0.15) is 0 Å². The molecule has 0 saturated carbocycles. The first-order valence-corrected chi connectivity index (χ1v) is 12.0. The van der Waals surface area contributed by atoms with Crippen LogP contribution in [-0.2, 0) is 14.6 Å². The maximum Gasteiger partial charge on any atom is 0.343 e. The van der Waals surface area contributed by atoms with Crippen LogP contribution in [0.25, 0.3) is 6.08 Å². The highest BCUT2D eigenvalue weighted by Gasteiger charge is 2.38. The molecule has 0 unspecified atom stereocenters. The Morgan fingerprint density at radius 2 is 1.88 bits per heavy atom. The molecule has 10 nitrogen and oxygen atoms in total. The minimum Gasteiger partial charge on any atom is -0.493 e. The minimum atomic E-state index is -3.62. The van der Waals surface area contributed by atoms with E-state index in [2.05, 4.69) is 10.1 Å². The molecule has 0 aromatic heterocycles. The van der Waals surface area contributed by atoms with Gasteiger partial charge in [-0.3, -0.25) is 10.2 Å². The molecule has 2 aromatic carbocycles. The standard InChI is InChI=1S/C21H16N4O6S2/c1-30-16-11-12(8-9-15(16)31-19(27)13-6-4-3-5-7-13)10-14-17(22)25-20(23-18(14)26)32-21(24-25)33(2,28)29/h3-11,22H,1-2H3/b14-10-,22-17?. The van der Waals surface area contributed by atoms with Gasteiger partial charge in [-0.15, -0.1) is 5.10 Å². The number of sulfone groups is 1. The third kappa shape index (κ3) is 4.56. The second-order valence-corrected chi connectivity index (χ2v) is 9.97. The van der Waals surface area contributed by atoms with E-state index in [1.54, 1.807) is 36.4 Å². The van der Waals surface area contributed by atoms with Crippen LogP contribution in [0.1, 0.15) is 15.9 Å². The van der Waals surface area contributed by atoms with Crippen LogP contribution in [-0.4, -0.2) is 54.0 Å². The Bertz CT molecular complexity index is 1380. The van der Waals surface area contributed by atoms with E-state index in [0.29, 0.717) is 22.9 Å². The Balaban J connectivity index is 1.62. The largest absolute Gasteiger partial charge is 0.493 e. The number of ether oxygens (including phenoxy) is 2. The summed E-state index contributed by atoms with van der Waals surface area (Å²) in [6.07, 6.45) is 2.38. The zero-order valence-electron chi connectivity index (χ0n) is 17.3. The molecule has 33 heavy (non-hydrogen) atoms. The quantitative estimate of drug-likeness (QED) is 0.397. The molecular weight excluding hydrogens is 468 g/mol. The van der Waals surface area contributed by atoms with Crippen molar-refractivity contribution in [2.24, 2.45) is 10.1 Å². The zero-order chi connectivity index (χ0) is 23.8. The molecule has 0 bridgehead atoms. The zero-order valence-corrected chi connectivity index (χ0v) is 18.9. The smallest absolute Gasteiger partial charge is 0.343 e. The van der Waals surface area contributed by atoms with Crippen molar-refractivity contribution in [1.29, 1.82) is 5.41 Å². The summed E-state index contributed by atoms with van der Waals surface area (Å²) >= 11 is 0.710. The number of amides is 1. The Labute approximate surface area is 193 Å². The maximum absolute atomic E-state index is 12.5. The Morgan fingerprint density at radius 1 is 1.15 bits per heavy atom. The van der Waals surface area contributed by atoms with Gasteiger partial charge < -0.3 is 9.47 Å². The molecule has 0 radical (unpaired) electrons. The number of hydrazone groups is 1. The second kappa shape index (κ2) is 8.64. The van der Waals surface area contributed by atoms with Gasteiger partial charge in [0.2, 0.25) is 19.4 Å². The summed E-state index contributed by atoms with van der Waals surface area (Å²) < 4.78 is 34.0. The highest BCUT2D eigenvalue weighted by Crippen LogP contribution is 2.32. The number of nitrogens with one attached hydrogen (secondary N) is 1. The lowest BCUT2D eigenvalue weighted by atomic mass is 10.1. The molecule has 4 rings (SSSR count). The number of carbonyl (C=O) groups is 2. The molecule has 0 saturated heterocycles. The normalized spacial score (nSPS) is 16.9. The molecule has 168 valence electrons. The number of rotatable bonds is 4. The molecule has 2 aromatic rings. The highest BCUT2D eigenvalue weighted by atomic mass is 32.3. The third-order valence-electron chi connectivity index (χ3n) is 4.46. The van der Waals surface area contributed by atoms with Gasteiger partial charge >= 0.3 is 5.97 Å². The van der Waals surface area contributed by atoms with Crippen LogP contribution in [0.5, 0.6) is 11.5 Å². The maximum atomic E-state index is 12.5. The predicted octanol–water partition coefficient (Wildman–Crippen LogP) is 2.54. The summed E-state index contributed by atoms with van der Waals surface area (Å²) in [5.41, 5.74) is 0.754. The summed E-state index contributed by atoms with van der Waals surface area (Å²) in [6, 6.07) is 13.1. The van der Waals surface area contributed by atoms with Gasteiger partial charge in [-0.2, -0.15) is 10.0 Å². The van der Waals surface area contributed by atoms with Crippen LogP contribution in [0.15, 0.2) is 64.2 Å². The van der Waals surface area contributed by atoms with E-state index in [4.69, 9.17) is 14.9 Å². The molecule has 0 fully saturated rings. The van der Waals surface area contributed by atoms with E-state index in [0.717, 1.165) is 11.3 Å². The second-order valence-electron chi connectivity index (χ2n) is 6.82. The summed E-state index contributed by atoms with van der Waals surface area (Å²) in [5, 5.41) is 13.2. The van der Waals surface area contributed by atoms with Crippen LogP contribution in [0, 0.1) is 5.41 Å². The SMILES string of the molecule is COc1cc(/C=C2/C(=N)N3N=C(S(C)(=O)=O)SC3=NC2=O)ccc1OC(=O)c1ccccc1. The van der Waals surface area contributed by atoms with Crippen LogP contribution >= 0.6 is 11.8 Å². The Hall–Kier alpha value is -3.77. The number of fused-ring (bicyclic) bond motifs is 1. The molecule has 0 atom stereocenters. The molecule has 2 aliphatic rings. The number of methoxy groups -OCH3 is 1. The fourth-order valence-corrected chi connectivity index (χ4v) is 4.57. The average Bonchev–Trinajstić information content (AvgIpc) is 3.23. The fraction of sp³-hybridized carbons (Fsp3) is 0.0952. The molecule has 1 N–H and O–H groups in total. The lowest BCUT2D eigenvalue weighted by Crippen LogP contribution is -2.35. The van der Waals surface area contributed by atoms with Gasteiger partial charge in [0.25, 0.3) is 5.91 Å². The number of benzene rings is 2. The number of carbonyl (C=O) groups excluding carboxylic acids is 2. The van der Waals surface area contributed by atoms with Crippen molar-refractivity contribution in [3.8, 4) is 11.5 Å². The van der Waals surface area contributed by atoms with Crippen molar-refractivity contribution in [3.63, 3.8) is 0 Å². The van der Waals surface area contributed by atoms with E-state index in [9.17, 15) is 18.0 Å². The van der Waals surface area contributed by atoms with E-state index in [1.807, 2.05) is 0 Å². The molecule has 0 spiro atoms. The van der Waals surface area contributed by atoms with Crippen molar-refractivity contribution in [1.82, 2.24) is 5.01 Å². The van der Waals surface area contributed by atoms with Crippen molar-refractivity contribution in [3.05, 3.63) is 65.2 Å². The number of thioether (sulfide) groups is 1. The van der Waals surface area contributed by atoms with E-state index in [-0.39, 0.29) is 32.5 Å². The number of aliphatic imine (C=N–C) groups is 1. The molecular formula is C21H16N4O6S2. The molecule has 2 aliphatic heterocycles. The van der Waals surface area contributed by atoms with Crippen molar-refractivity contribution in [2.75, 3.05) is 13.4 Å². The van der Waals surface area contributed by atoms with E-state index in [1.165, 1.54) is 25.3 Å². The van der Waals surface area contributed by atoms with Gasteiger partial charge in [-0.1, -0.05) is 24.3 Å². The predicted molar refractivity (Wildman–Crippen MR) is 124 cm³/mol. The van der Waals surface area contributed by atoms with Crippen molar-refractivity contribution in [2.45, 2.75) is 0 Å². The first-order chi connectivity index (χ1) is 15.7. The van der Waals surface area contributed by atoms with Gasteiger partial charge in [0.15, 0.2) is 17.3 Å². The minimum absolute atomic E-state index is 0.00308. The average molecular weight is 485 g/mol. The van der Waals surface area contributed by atoms with Crippen LogP contribution in [0.3, 0.4) is 0 Å². The number of amidine groups is 2. The summed E-state index contributed by atoms with van der Waals surface area (Å²) in [4.78, 5) is 28.7. The first kappa shape index (κ1) is 22.4. The van der Waals surface area contributed by atoms with Crippen molar-refractivity contribution < 1.29 is 27.5 Å². The van der Waals surface area contributed by atoms with E-state index >= 15 is 0 Å². The van der Waals surface area contributed by atoms with Gasteiger partial charge in [-0.05, 0) is 47.7 Å². The molecule has 1 amide bonds. The number of nitrogens with zero attached hydrogens (tertiary/aromatic N) is 3. The highest BCUT2D eigenvalue weighted by molar-refractivity contribution is 8.42. The topological polar surface area (TPSA) is 139 Å². The van der Waals surface area contributed by atoms with Crippen LogP contribution < -0.4 is 9.47 Å². The Kier molecular flexibility index (Phi) is 5.87. The number of esters is 1.